The Hall–Kier alpha value is -1.75. The first-order valence-corrected chi connectivity index (χ1v) is 8.79. The molecule has 2 fully saturated rings. The lowest BCUT2D eigenvalue weighted by Gasteiger charge is -2.35. The van der Waals surface area contributed by atoms with Crippen molar-refractivity contribution >= 4 is 23.6 Å². The summed E-state index contributed by atoms with van der Waals surface area (Å²) in [7, 11) is 0. The Morgan fingerprint density at radius 1 is 1.38 bits per heavy atom. The fourth-order valence-electron chi connectivity index (χ4n) is 3.59. The molecule has 2 unspecified atom stereocenters. The lowest BCUT2D eigenvalue weighted by Crippen LogP contribution is -2.50. The molecule has 130 valence electrons. The third-order valence-electron chi connectivity index (χ3n) is 5.16. The van der Waals surface area contributed by atoms with Gasteiger partial charge in [0.15, 0.2) is 0 Å². The van der Waals surface area contributed by atoms with E-state index in [1.807, 2.05) is 25.1 Å². The van der Waals surface area contributed by atoms with E-state index in [0.29, 0.717) is 24.5 Å². The van der Waals surface area contributed by atoms with Crippen LogP contribution in [0.1, 0.15) is 31.7 Å². The Balaban J connectivity index is 1.60. The van der Waals surface area contributed by atoms with Crippen LogP contribution >= 0.6 is 11.6 Å². The quantitative estimate of drug-likeness (QED) is 0.876. The van der Waals surface area contributed by atoms with Crippen LogP contribution in [0.2, 0.25) is 5.02 Å². The molecule has 1 heterocycles. The minimum absolute atomic E-state index is 0.0197. The average Bonchev–Trinajstić information content (AvgIpc) is 3.33. The molecule has 1 aliphatic heterocycles. The smallest absolute Gasteiger partial charge is 0.317 e. The van der Waals surface area contributed by atoms with E-state index in [1.54, 1.807) is 4.90 Å². The van der Waals surface area contributed by atoms with E-state index in [0.717, 1.165) is 18.4 Å². The summed E-state index contributed by atoms with van der Waals surface area (Å²) in [6.07, 6.45) is 2.69. The molecule has 1 saturated heterocycles. The molecule has 1 saturated carbocycles. The van der Waals surface area contributed by atoms with Crippen LogP contribution in [-0.4, -0.2) is 41.6 Å². The third kappa shape index (κ3) is 3.66. The Morgan fingerprint density at radius 2 is 2.12 bits per heavy atom. The van der Waals surface area contributed by atoms with Gasteiger partial charge in [-0.25, -0.2) is 4.79 Å². The summed E-state index contributed by atoms with van der Waals surface area (Å²) in [5, 5.41) is 12.9. The van der Waals surface area contributed by atoms with Gasteiger partial charge in [-0.3, -0.25) is 4.79 Å². The zero-order valence-corrected chi connectivity index (χ0v) is 14.6. The fraction of sp³-hybridized carbons (Fsp3) is 0.556. The molecule has 5 nitrogen and oxygen atoms in total. The number of halogens is 1. The number of carboxylic acids is 1. The van der Waals surface area contributed by atoms with Crippen molar-refractivity contribution in [3.05, 3.63) is 34.9 Å². The summed E-state index contributed by atoms with van der Waals surface area (Å²) in [6, 6.07) is 7.63. The summed E-state index contributed by atoms with van der Waals surface area (Å²) >= 11 is 6.07. The highest BCUT2D eigenvalue weighted by Gasteiger charge is 2.45. The number of rotatable bonds is 4. The van der Waals surface area contributed by atoms with Crippen LogP contribution in [0.4, 0.5) is 4.79 Å². The molecule has 24 heavy (non-hydrogen) atoms. The van der Waals surface area contributed by atoms with Gasteiger partial charge in [-0.05, 0) is 42.9 Å². The zero-order valence-electron chi connectivity index (χ0n) is 13.8. The van der Waals surface area contributed by atoms with E-state index in [2.05, 4.69) is 11.4 Å². The Bertz CT molecular complexity index is 645. The largest absolute Gasteiger partial charge is 0.481 e. The highest BCUT2D eigenvalue weighted by atomic mass is 35.5. The van der Waals surface area contributed by atoms with E-state index < -0.39 is 11.9 Å². The number of nitrogens with one attached hydrogen (secondary N) is 1. The number of carboxylic acid groups (broad SMARTS) is 1. The van der Waals surface area contributed by atoms with Crippen molar-refractivity contribution in [1.82, 2.24) is 10.2 Å². The summed E-state index contributed by atoms with van der Waals surface area (Å²) < 4.78 is 0. The number of hydrogen-bond acceptors (Lipinski definition) is 2. The summed E-state index contributed by atoms with van der Waals surface area (Å²) in [5.41, 5.74) is 1.14. The van der Waals surface area contributed by atoms with Crippen LogP contribution in [0.3, 0.4) is 0 Å². The lowest BCUT2D eigenvalue weighted by molar-refractivity contribution is -0.143. The number of nitrogens with zero attached hydrogens (tertiary/aromatic N) is 1. The number of hydrogen-bond donors (Lipinski definition) is 2. The maximum Gasteiger partial charge on any atom is 0.317 e. The van der Waals surface area contributed by atoms with Gasteiger partial charge in [0, 0.05) is 30.1 Å². The van der Waals surface area contributed by atoms with E-state index in [4.69, 9.17) is 11.6 Å². The molecule has 0 bridgehead atoms. The van der Waals surface area contributed by atoms with Crippen LogP contribution in [0.5, 0.6) is 0 Å². The molecule has 3 rings (SSSR count). The van der Waals surface area contributed by atoms with Crippen LogP contribution in [-0.2, 0) is 10.2 Å². The molecule has 1 aromatic carbocycles. The van der Waals surface area contributed by atoms with Gasteiger partial charge in [0.25, 0.3) is 0 Å². The SMILES string of the molecule is CC1CC(C(=O)O)CN(C(=O)NCC2(c3cccc(Cl)c3)CC2)C1. The summed E-state index contributed by atoms with van der Waals surface area (Å²) in [5.74, 6) is -1.09. The second kappa shape index (κ2) is 6.63. The zero-order chi connectivity index (χ0) is 17.3. The number of amides is 2. The first-order chi connectivity index (χ1) is 11.4. The molecule has 1 aromatic rings. The molecule has 6 heteroatoms. The van der Waals surface area contributed by atoms with Gasteiger partial charge in [-0.15, -0.1) is 0 Å². The van der Waals surface area contributed by atoms with Crippen molar-refractivity contribution < 1.29 is 14.7 Å². The number of carbonyl (C=O) groups excluding carboxylic acids is 1. The molecule has 2 atom stereocenters. The maximum absolute atomic E-state index is 12.5. The number of likely N-dealkylation sites (tertiary alicyclic amines) is 1. The molecule has 2 N–H and O–H groups in total. The normalized spacial score (nSPS) is 25.2. The van der Waals surface area contributed by atoms with E-state index in [-0.39, 0.29) is 23.9 Å². The van der Waals surface area contributed by atoms with Gasteiger partial charge >= 0.3 is 12.0 Å². The summed E-state index contributed by atoms with van der Waals surface area (Å²) in [4.78, 5) is 25.4. The first-order valence-electron chi connectivity index (χ1n) is 8.41. The van der Waals surface area contributed by atoms with Crippen LogP contribution in [0.15, 0.2) is 24.3 Å². The molecule has 0 spiro atoms. The molecule has 2 aliphatic rings. The van der Waals surface area contributed by atoms with Crippen LogP contribution < -0.4 is 5.32 Å². The topological polar surface area (TPSA) is 69.6 Å². The van der Waals surface area contributed by atoms with Gasteiger partial charge < -0.3 is 15.3 Å². The van der Waals surface area contributed by atoms with Crippen molar-refractivity contribution in [2.24, 2.45) is 11.8 Å². The molecule has 1 aliphatic carbocycles. The second-order valence-electron chi connectivity index (χ2n) is 7.23. The van der Waals surface area contributed by atoms with Crippen LogP contribution in [0.25, 0.3) is 0 Å². The Kier molecular flexibility index (Phi) is 4.72. The van der Waals surface area contributed by atoms with Gasteiger partial charge in [0.05, 0.1) is 5.92 Å². The molecular weight excluding hydrogens is 328 g/mol. The van der Waals surface area contributed by atoms with Crippen LogP contribution in [0, 0.1) is 11.8 Å². The Morgan fingerprint density at radius 3 is 2.75 bits per heavy atom. The fourth-order valence-corrected chi connectivity index (χ4v) is 3.78. The number of aliphatic carboxylic acids is 1. The van der Waals surface area contributed by atoms with Gasteiger partial charge in [0.2, 0.25) is 0 Å². The lowest BCUT2D eigenvalue weighted by atomic mass is 9.91. The first kappa shape index (κ1) is 17.1. The number of carbonyl (C=O) groups is 2. The van der Waals surface area contributed by atoms with E-state index in [9.17, 15) is 14.7 Å². The van der Waals surface area contributed by atoms with Crippen molar-refractivity contribution in [3.8, 4) is 0 Å². The molecule has 0 aromatic heterocycles. The monoisotopic (exact) mass is 350 g/mol. The van der Waals surface area contributed by atoms with Gasteiger partial charge in [-0.1, -0.05) is 30.7 Å². The number of benzene rings is 1. The van der Waals surface area contributed by atoms with Gasteiger partial charge in [0.1, 0.15) is 0 Å². The number of piperidine rings is 1. The van der Waals surface area contributed by atoms with Crippen molar-refractivity contribution in [2.45, 2.75) is 31.6 Å². The van der Waals surface area contributed by atoms with E-state index in [1.165, 1.54) is 0 Å². The molecular formula is C18H23ClN2O3. The van der Waals surface area contributed by atoms with Crippen molar-refractivity contribution in [2.75, 3.05) is 19.6 Å². The minimum Gasteiger partial charge on any atom is -0.481 e. The maximum atomic E-state index is 12.5. The van der Waals surface area contributed by atoms with Crippen molar-refractivity contribution in [1.29, 1.82) is 0 Å². The minimum atomic E-state index is -0.822. The molecule has 2 amide bonds. The number of urea groups is 1. The molecule has 0 radical (unpaired) electrons. The predicted molar refractivity (Wildman–Crippen MR) is 92.2 cm³/mol. The van der Waals surface area contributed by atoms with Crippen molar-refractivity contribution in [3.63, 3.8) is 0 Å². The summed E-state index contributed by atoms with van der Waals surface area (Å²) in [6.45, 7) is 3.45. The van der Waals surface area contributed by atoms with Gasteiger partial charge in [-0.2, -0.15) is 0 Å². The highest BCUT2D eigenvalue weighted by Crippen LogP contribution is 2.48. The second-order valence-corrected chi connectivity index (χ2v) is 7.67. The van der Waals surface area contributed by atoms with E-state index >= 15 is 0 Å². The third-order valence-corrected chi connectivity index (χ3v) is 5.40. The average molecular weight is 351 g/mol. The predicted octanol–water partition coefficient (Wildman–Crippen LogP) is 3.12. The Labute approximate surface area is 147 Å². The standard InChI is InChI=1S/C18H23ClN2O3/c1-12-7-13(16(22)23)10-21(9-12)17(24)20-11-18(5-6-18)14-3-2-4-15(19)8-14/h2-4,8,12-13H,5-7,9-11H2,1H3,(H,20,24)(H,22,23). The highest BCUT2D eigenvalue weighted by molar-refractivity contribution is 6.30.